The molecule has 1 N–H and O–H groups in total. The van der Waals surface area contributed by atoms with E-state index in [0.717, 1.165) is 31.7 Å². The van der Waals surface area contributed by atoms with Gasteiger partial charge in [-0.1, -0.05) is 0 Å². The van der Waals surface area contributed by atoms with Crippen molar-refractivity contribution in [1.82, 2.24) is 14.5 Å². The summed E-state index contributed by atoms with van der Waals surface area (Å²) in [4.78, 5) is 7.01. The van der Waals surface area contributed by atoms with Crippen molar-refractivity contribution in [3.63, 3.8) is 0 Å². The molecule has 0 aliphatic carbocycles. The van der Waals surface area contributed by atoms with Gasteiger partial charge >= 0.3 is 0 Å². The zero-order chi connectivity index (χ0) is 12.5. The Kier molecular flexibility index (Phi) is 3.39. The van der Waals surface area contributed by atoms with E-state index in [1.807, 2.05) is 6.20 Å². The lowest BCUT2D eigenvalue weighted by molar-refractivity contribution is 0.142. The van der Waals surface area contributed by atoms with Crippen LogP contribution in [-0.4, -0.2) is 45.8 Å². The lowest BCUT2D eigenvalue weighted by Crippen LogP contribution is -2.33. The largest absolute Gasteiger partial charge is 0.393 e. The average molecular weight is 249 g/mol. The van der Waals surface area contributed by atoms with Crippen LogP contribution in [0.25, 0.3) is 0 Å². The lowest BCUT2D eigenvalue weighted by atomic mass is 9.94. The highest BCUT2D eigenvalue weighted by Gasteiger charge is 2.23. The Morgan fingerprint density at radius 1 is 1.39 bits per heavy atom. The van der Waals surface area contributed by atoms with E-state index in [2.05, 4.69) is 21.5 Å². The van der Waals surface area contributed by atoms with Crippen LogP contribution in [0, 0.1) is 5.92 Å². The molecule has 18 heavy (non-hydrogen) atoms. The summed E-state index contributed by atoms with van der Waals surface area (Å²) in [5.41, 5.74) is 1.22. The number of rotatable bonds is 2. The third kappa shape index (κ3) is 2.45. The first-order chi connectivity index (χ1) is 8.72. The smallest absolute Gasteiger partial charge is 0.109 e. The summed E-state index contributed by atoms with van der Waals surface area (Å²) >= 11 is 0. The van der Waals surface area contributed by atoms with Crippen LogP contribution >= 0.6 is 0 Å². The van der Waals surface area contributed by atoms with Gasteiger partial charge in [0.05, 0.1) is 6.10 Å². The van der Waals surface area contributed by atoms with Gasteiger partial charge in [0.15, 0.2) is 0 Å². The molecule has 0 spiro atoms. The highest BCUT2D eigenvalue weighted by Crippen LogP contribution is 2.23. The van der Waals surface area contributed by atoms with E-state index in [-0.39, 0.29) is 6.10 Å². The second-order valence-electron chi connectivity index (χ2n) is 5.94. The van der Waals surface area contributed by atoms with Gasteiger partial charge in [0, 0.05) is 37.8 Å². The van der Waals surface area contributed by atoms with Crippen molar-refractivity contribution in [2.75, 3.05) is 20.1 Å². The molecule has 1 fully saturated rings. The van der Waals surface area contributed by atoms with Crippen LogP contribution in [-0.2, 0) is 19.4 Å². The molecule has 0 saturated carbocycles. The van der Waals surface area contributed by atoms with Crippen LogP contribution in [0.15, 0.2) is 6.20 Å². The van der Waals surface area contributed by atoms with E-state index in [1.165, 1.54) is 37.4 Å². The van der Waals surface area contributed by atoms with Crippen LogP contribution in [0.5, 0.6) is 0 Å². The van der Waals surface area contributed by atoms with Crippen molar-refractivity contribution >= 4 is 0 Å². The Hall–Kier alpha value is -0.870. The van der Waals surface area contributed by atoms with Crippen molar-refractivity contribution in [3.05, 3.63) is 17.7 Å². The van der Waals surface area contributed by atoms with Gasteiger partial charge in [0.25, 0.3) is 0 Å². The molecule has 0 bridgehead atoms. The van der Waals surface area contributed by atoms with Crippen molar-refractivity contribution in [2.45, 2.75) is 44.8 Å². The average Bonchev–Trinajstić information content (AvgIpc) is 2.72. The molecule has 3 rings (SSSR count). The van der Waals surface area contributed by atoms with Crippen LogP contribution in [0.2, 0.25) is 0 Å². The Morgan fingerprint density at radius 3 is 3.11 bits per heavy atom. The number of aliphatic hydroxyl groups is 1. The van der Waals surface area contributed by atoms with Gasteiger partial charge in [-0.15, -0.1) is 0 Å². The summed E-state index contributed by atoms with van der Waals surface area (Å²) in [6.07, 6.45) is 7.19. The standard InChI is InChI=1S/C14H23N3O/c1-16-5-2-3-11(10-16)7-14-15-9-12-8-13(18)4-6-17(12)14/h9,11,13,18H,2-8,10H2,1H3. The summed E-state index contributed by atoms with van der Waals surface area (Å²) < 4.78 is 2.33. The van der Waals surface area contributed by atoms with E-state index >= 15 is 0 Å². The van der Waals surface area contributed by atoms with Crippen molar-refractivity contribution in [3.8, 4) is 0 Å². The van der Waals surface area contributed by atoms with Crippen molar-refractivity contribution < 1.29 is 5.11 Å². The number of likely N-dealkylation sites (tertiary alicyclic amines) is 1. The monoisotopic (exact) mass is 249 g/mol. The minimum atomic E-state index is -0.164. The van der Waals surface area contributed by atoms with E-state index < -0.39 is 0 Å². The van der Waals surface area contributed by atoms with Gasteiger partial charge in [0.1, 0.15) is 5.82 Å². The van der Waals surface area contributed by atoms with Crippen LogP contribution < -0.4 is 0 Å². The van der Waals surface area contributed by atoms with Gasteiger partial charge in [-0.05, 0) is 38.8 Å². The van der Waals surface area contributed by atoms with Crippen molar-refractivity contribution in [1.29, 1.82) is 0 Å². The predicted octanol–water partition coefficient (Wildman–Crippen LogP) is 1.07. The zero-order valence-electron chi connectivity index (χ0n) is 11.2. The minimum absolute atomic E-state index is 0.164. The molecule has 1 aromatic heterocycles. The normalized spacial score (nSPS) is 29.2. The van der Waals surface area contributed by atoms with Gasteiger partial charge < -0.3 is 14.6 Å². The molecule has 3 heterocycles. The Balaban J connectivity index is 1.70. The summed E-state index contributed by atoms with van der Waals surface area (Å²) in [6, 6.07) is 0. The molecule has 0 amide bonds. The number of aliphatic hydroxyl groups excluding tert-OH is 1. The fourth-order valence-electron chi connectivity index (χ4n) is 3.37. The predicted molar refractivity (Wildman–Crippen MR) is 70.5 cm³/mol. The zero-order valence-corrected chi connectivity index (χ0v) is 11.2. The van der Waals surface area contributed by atoms with Crippen LogP contribution in [0.3, 0.4) is 0 Å². The molecule has 2 aliphatic rings. The maximum absolute atomic E-state index is 9.67. The number of fused-ring (bicyclic) bond motifs is 1. The number of nitrogens with zero attached hydrogens (tertiary/aromatic N) is 3. The minimum Gasteiger partial charge on any atom is -0.393 e. The summed E-state index contributed by atoms with van der Waals surface area (Å²) in [7, 11) is 2.21. The van der Waals surface area contributed by atoms with E-state index in [4.69, 9.17) is 0 Å². The molecule has 2 unspecified atom stereocenters. The SMILES string of the molecule is CN1CCCC(Cc2ncc3n2CCC(O)C3)C1. The molecule has 4 nitrogen and oxygen atoms in total. The molecule has 4 heteroatoms. The molecule has 2 atom stereocenters. The highest BCUT2D eigenvalue weighted by atomic mass is 16.3. The number of imidazole rings is 1. The number of hydrogen-bond acceptors (Lipinski definition) is 3. The molecule has 0 aromatic carbocycles. The highest BCUT2D eigenvalue weighted by molar-refractivity contribution is 5.10. The Morgan fingerprint density at radius 2 is 2.28 bits per heavy atom. The first-order valence-corrected chi connectivity index (χ1v) is 7.12. The molecular formula is C14H23N3O. The lowest BCUT2D eigenvalue weighted by Gasteiger charge is -2.30. The molecule has 100 valence electrons. The Labute approximate surface area is 109 Å². The molecule has 2 aliphatic heterocycles. The molecule has 1 aromatic rings. The number of aromatic nitrogens is 2. The second-order valence-corrected chi connectivity index (χ2v) is 5.94. The fourth-order valence-corrected chi connectivity index (χ4v) is 3.37. The third-order valence-corrected chi connectivity index (χ3v) is 4.34. The van der Waals surface area contributed by atoms with Crippen molar-refractivity contribution in [2.24, 2.45) is 5.92 Å². The maximum atomic E-state index is 9.67. The summed E-state index contributed by atoms with van der Waals surface area (Å²) in [5.74, 6) is 1.99. The van der Waals surface area contributed by atoms with E-state index in [1.54, 1.807) is 0 Å². The first-order valence-electron chi connectivity index (χ1n) is 7.12. The maximum Gasteiger partial charge on any atom is 0.109 e. The van der Waals surface area contributed by atoms with E-state index in [0.29, 0.717) is 0 Å². The van der Waals surface area contributed by atoms with E-state index in [9.17, 15) is 5.11 Å². The summed E-state index contributed by atoms with van der Waals surface area (Å²) in [6.45, 7) is 3.38. The first kappa shape index (κ1) is 12.2. The van der Waals surface area contributed by atoms with Crippen LogP contribution in [0.4, 0.5) is 0 Å². The van der Waals surface area contributed by atoms with Crippen LogP contribution in [0.1, 0.15) is 30.8 Å². The van der Waals surface area contributed by atoms with Gasteiger partial charge in [-0.3, -0.25) is 0 Å². The fraction of sp³-hybridized carbons (Fsp3) is 0.786. The molecule has 0 radical (unpaired) electrons. The van der Waals surface area contributed by atoms with Gasteiger partial charge in [-0.2, -0.15) is 0 Å². The third-order valence-electron chi connectivity index (χ3n) is 4.34. The molecular weight excluding hydrogens is 226 g/mol. The molecule has 1 saturated heterocycles. The number of hydrogen-bond donors (Lipinski definition) is 1. The number of piperidine rings is 1. The summed E-state index contributed by atoms with van der Waals surface area (Å²) in [5, 5.41) is 9.67. The van der Waals surface area contributed by atoms with Gasteiger partial charge in [0.2, 0.25) is 0 Å². The Bertz CT molecular complexity index is 415. The quantitative estimate of drug-likeness (QED) is 0.852. The topological polar surface area (TPSA) is 41.3 Å². The van der Waals surface area contributed by atoms with Gasteiger partial charge in [-0.25, -0.2) is 4.98 Å². The second kappa shape index (κ2) is 5.02.